The van der Waals surface area contributed by atoms with Gasteiger partial charge in [-0.3, -0.25) is 4.79 Å². The molecule has 3 rings (SSSR count). The molecule has 0 saturated carbocycles. The molecule has 1 aliphatic rings. The maximum atomic E-state index is 12.0. The van der Waals surface area contributed by atoms with Crippen LogP contribution in [-0.4, -0.2) is 40.5 Å². The highest BCUT2D eigenvalue weighted by Crippen LogP contribution is 2.46. The van der Waals surface area contributed by atoms with Crippen LogP contribution in [0.2, 0.25) is 0 Å². The van der Waals surface area contributed by atoms with E-state index in [9.17, 15) is 4.79 Å². The van der Waals surface area contributed by atoms with E-state index in [1.54, 1.807) is 21.3 Å². The second kappa shape index (κ2) is 8.31. The number of fused-ring (bicyclic) bond motifs is 1. The van der Waals surface area contributed by atoms with E-state index in [4.69, 9.17) is 23.7 Å². The van der Waals surface area contributed by atoms with Crippen LogP contribution in [0, 0.1) is 0 Å². The maximum Gasteiger partial charge on any atom is 0.308 e. The van der Waals surface area contributed by atoms with Crippen molar-refractivity contribution in [3.63, 3.8) is 0 Å². The van der Waals surface area contributed by atoms with Crippen LogP contribution in [0.25, 0.3) is 0 Å². The standard InChI is InChI=1S/C21H24O6/c1-23-14-8-9-16(24-2)15(10-14)21-18(11-19(22)26-4)27-12-13-6-5-7-17(25-3)20(13)21/h5-10,18,21H,11-12H2,1-4H3/t18-,21-/m1/s1. The van der Waals surface area contributed by atoms with Crippen LogP contribution in [0.5, 0.6) is 17.2 Å². The summed E-state index contributed by atoms with van der Waals surface area (Å²) < 4.78 is 27.6. The molecule has 0 aromatic heterocycles. The number of benzene rings is 2. The molecule has 6 nitrogen and oxygen atoms in total. The van der Waals surface area contributed by atoms with E-state index in [1.165, 1.54) is 7.11 Å². The van der Waals surface area contributed by atoms with Crippen LogP contribution < -0.4 is 14.2 Å². The average Bonchev–Trinajstić information content (AvgIpc) is 2.72. The van der Waals surface area contributed by atoms with Gasteiger partial charge in [-0.2, -0.15) is 0 Å². The first kappa shape index (κ1) is 19.0. The Morgan fingerprint density at radius 1 is 1.04 bits per heavy atom. The van der Waals surface area contributed by atoms with Gasteiger partial charge in [0.1, 0.15) is 17.2 Å². The van der Waals surface area contributed by atoms with E-state index in [-0.39, 0.29) is 18.3 Å². The summed E-state index contributed by atoms with van der Waals surface area (Å²) in [7, 11) is 6.25. The van der Waals surface area contributed by atoms with Crippen LogP contribution in [0.1, 0.15) is 29.0 Å². The summed E-state index contributed by atoms with van der Waals surface area (Å²) in [5.41, 5.74) is 2.88. The predicted molar refractivity (Wildman–Crippen MR) is 99.6 cm³/mol. The van der Waals surface area contributed by atoms with Crippen LogP contribution in [0.15, 0.2) is 36.4 Å². The molecule has 0 amide bonds. The molecule has 2 aromatic rings. The van der Waals surface area contributed by atoms with E-state index < -0.39 is 6.10 Å². The molecule has 0 saturated heterocycles. The van der Waals surface area contributed by atoms with Gasteiger partial charge >= 0.3 is 5.97 Å². The lowest BCUT2D eigenvalue weighted by Gasteiger charge is -2.35. The van der Waals surface area contributed by atoms with Crippen molar-refractivity contribution in [2.45, 2.75) is 25.0 Å². The first-order valence-electron chi connectivity index (χ1n) is 8.69. The summed E-state index contributed by atoms with van der Waals surface area (Å²) in [6, 6.07) is 11.5. The zero-order chi connectivity index (χ0) is 19.4. The van der Waals surface area contributed by atoms with Crippen LogP contribution in [-0.2, 0) is 20.9 Å². The third-order valence-electron chi connectivity index (χ3n) is 4.88. The molecule has 2 atom stereocenters. The molecule has 0 spiro atoms. The van der Waals surface area contributed by atoms with Crippen molar-refractivity contribution >= 4 is 5.97 Å². The van der Waals surface area contributed by atoms with Gasteiger partial charge in [-0.25, -0.2) is 0 Å². The van der Waals surface area contributed by atoms with Crippen molar-refractivity contribution in [2.75, 3.05) is 28.4 Å². The third-order valence-corrected chi connectivity index (χ3v) is 4.88. The number of hydrogen-bond acceptors (Lipinski definition) is 6. The lowest BCUT2D eigenvalue weighted by Crippen LogP contribution is -2.32. The molecule has 0 N–H and O–H groups in total. The van der Waals surface area contributed by atoms with Crippen molar-refractivity contribution in [1.82, 2.24) is 0 Å². The molecule has 0 fully saturated rings. The lowest BCUT2D eigenvalue weighted by molar-refractivity contribution is -0.144. The summed E-state index contributed by atoms with van der Waals surface area (Å²) >= 11 is 0. The Morgan fingerprint density at radius 3 is 2.48 bits per heavy atom. The normalized spacial score (nSPS) is 18.4. The molecule has 1 heterocycles. The molecular weight excluding hydrogens is 348 g/mol. The quantitative estimate of drug-likeness (QED) is 0.725. The summed E-state index contributed by atoms with van der Waals surface area (Å²) in [6.45, 7) is 0.400. The van der Waals surface area contributed by atoms with E-state index in [1.807, 2.05) is 36.4 Å². The van der Waals surface area contributed by atoms with E-state index >= 15 is 0 Å². The fourth-order valence-corrected chi connectivity index (χ4v) is 3.59. The van der Waals surface area contributed by atoms with Gasteiger partial charge in [-0.15, -0.1) is 0 Å². The maximum absolute atomic E-state index is 12.0. The number of carbonyl (C=O) groups excluding carboxylic acids is 1. The Balaban J connectivity index is 2.19. The minimum absolute atomic E-state index is 0.124. The van der Waals surface area contributed by atoms with Crippen molar-refractivity contribution in [2.24, 2.45) is 0 Å². The van der Waals surface area contributed by atoms with Gasteiger partial charge in [0.15, 0.2) is 0 Å². The van der Waals surface area contributed by atoms with Gasteiger partial charge in [-0.05, 0) is 29.8 Å². The molecule has 0 aliphatic carbocycles. The molecule has 0 radical (unpaired) electrons. The average molecular weight is 372 g/mol. The zero-order valence-electron chi connectivity index (χ0n) is 16.0. The van der Waals surface area contributed by atoms with Crippen LogP contribution in [0.4, 0.5) is 0 Å². The van der Waals surface area contributed by atoms with Crippen LogP contribution >= 0.6 is 0 Å². The summed E-state index contributed by atoms with van der Waals surface area (Å²) in [5, 5.41) is 0. The van der Waals surface area contributed by atoms with Gasteiger partial charge in [0.2, 0.25) is 0 Å². The monoisotopic (exact) mass is 372 g/mol. The summed E-state index contributed by atoms with van der Waals surface area (Å²) in [5.74, 6) is 1.54. The van der Waals surface area contributed by atoms with E-state index in [2.05, 4.69) is 0 Å². The molecule has 27 heavy (non-hydrogen) atoms. The fraction of sp³-hybridized carbons (Fsp3) is 0.381. The van der Waals surface area contributed by atoms with Crippen LogP contribution in [0.3, 0.4) is 0 Å². The van der Waals surface area contributed by atoms with Gasteiger partial charge in [-0.1, -0.05) is 12.1 Å². The fourth-order valence-electron chi connectivity index (χ4n) is 3.59. The molecule has 144 valence electrons. The Hall–Kier alpha value is -2.73. The molecular formula is C21H24O6. The highest BCUT2D eigenvalue weighted by Gasteiger charge is 2.37. The number of hydrogen-bond donors (Lipinski definition) is 0. The smallest absolute Gasteiger partial charge is 0.308 e. The number of rotatable bonds is 6. The molecule has 0 bridgehead atoms. The Morgan fingerprint density at radius 2 is 1.81 bits per heavy atom. The molecule has 2 aromatic carbocycles. The topological polar surface area (TPSA) is 63.2 Å². The minimum atomic E-state index is -0.415. The SMILES string of the molecule is COC(=O)C[C@H]1OCc2cccc(OC)c2[C@@H]1c1cc(OC)ccc1OC. The van der Waals surface area contributed by atoms with Crippen molar-refractivity contribution in [3.8, 4) is 17.2 Å². The van der Waals surface area contributed by atoms with Gasteiger partial charge < -0.3 is 23.7 Å². The minimum Gasteiger partial charge on any atom is -0.497 e. The van der Waals surface area contributed by atoms with Crippen molar-refractivity contribution < 1.29 is 28.5 Å². The Bertz CT molecular complexity index is 802. The second-order valence-electron chi connectivity index (χ2n) is 6.25. The van der Waals surface area contributed by atoms with Crippen molar-refractivity contribution in [3.05, 3.63) is 53.1 Å². The van der Waals surface area contributed by atoms with Gasteiger partial charge in [0, 0.05) is 17.0 Å². The zero-order valence-corrected chi connectivity index (χ0v) is 16.0. The van der Waals surface area contributed by atoms with E-state index in [0.29, 0.717) is 18.1 Å². The number of carbonyl (C=O) groups is 1. The number of ether oxygens (including phenoxy) is 5. The summed E-state index contributed by atoms with van der Waals surface area (Å²) in [4.78, 5) is 12.0. The molecule has 0 unspecified atom stereocenters. The highest BCUT2D eigenvalue weighted by molar-refractivity contribution is 5.70. The van der Waals surface area contributed by atoms with Gasteiger partial charge in [0.25, 0.3) is 0 Å². The summed E-state index contributed by atoms with van der Waals surface area (Å²) in [6.07, 6.45) is -0.291. The van der Waals surface area contributed by atoms with E-state index in [0.717, 1.165) is 22.4 Å². The Labute approximate surface area is 158 Å². The number of esters is 1. The third kappa shape index (κ3) is 3.71. The number of methoxy groups -OCH3 is 4. The first-order chi connectivity index (χ1) is 13.1. The first-order valence-corrected chi connectivity index (χ1v) is 8.69. The molecule has 6 heteroatoms. The lowest BCUT2D eigenvalue weighted by atomic mass is 9.80. The molecule has 1 aliphatic heterocycles. The largest absolute Gasteiger partial charge is 0.497 e. The predicted octanol–water partition coefficient (Wildman–Crippen LogP) is 3.31. The van der Waals surface area contributed by atoms with Gasteiger partial charge in [0.05, 0.1) is 47.6 Å². The Kier molecular flexibility index (Phi) is 5.86. The second-order valence-corrected chi connectivity index (χ2v) is 6.25. The highest BCUT2D eigenvalue weighted by atomic mass is 16.5. The van der Waals surface area contributed by atoms with Crippen molar-refractivity contribution in [1.29, 1.82) is 0 Å².